The van der Waals surface area contributed by atoms with Gasteiger partial charge in [0.2, 0.25) is 0 Å². The first-order valence-corrected chi connectivity index (χ1v) is 6.85. The van der Waals surface area contributed by atoms with Crippen LogP contribution in [0.4, 0.5) is 0 Å². The predicted molar refractivity (Wildman–Crippen MR) is 83.2 cm³/mol. The molecule has 0 spiro atoms. The van der Waals surface area contributed by atoms with Crippen LogP contribution in [0.5, 0.6) is 5.75 Å². The van der Waals surface area contributed by atoms with E-state index in [0.717, 1.165) is 0 Å². The normalized spacial score (nSPS) is 9.59. The van der Waals surface area contributed by atoms with E-state index in [0.29, 0.717) is 23.4 Å². The summed E-state index contributed by atoms with van der Waals surface area (Å²) in [5.74, 6) is -0.886. The summed E-state index contributed by atoms with van der Waals surface area (Å²) in [4.78, 5) is 21.5. The average molecular weight is 301 g/mol. The number of nitrogens with zero attached hydrogens (tertiary/aromatic N) is 1. The van der Waals surface area contributed by atoms with Gasteiger partial charge in [0.1, 0.15) is 12.2 Å². The Morgan fingerprint density at radius 1 is 1.09 bits per heavy atom. The van der Waals surface area contributed by atoms with Gasteiger partial charge in [-0.25, -0.2) is 0 Å². The van der Waals surface area contributed by atoms with Gasteiger partial charge < -0.3 is 15.2 Å². The number of Topliss-reactive ketones (excluding diaryl/α,β-unsaturated/α-hetero) is 1. The number of methoxy groups -OCH3 is 1. The summed E-state index contributed by atoms with van der Waals surface area (Å²) < 4.78 is 4.90. The Hall–Kier alpha value is -1.28. The smallest absolute Gasteiger partial charge is 0.658 e. The van der Waals surface area contributed by atoms with Gasteiger partial charge in [-0.05, 0) is 24.3 Å². The largest absolute Gasteiger partial charge is 1.00 e. The summed E-state index contributed by atoms with van der Waals surface area (Å²) >= 11 is 0. The molecule has 1 rings (SSSR count). The average Bonchev–Trinajstić information content (AvgIpc) is 2.37. The van der Waals surface area contributed by atoms with E-state index in [2.05, 4.69) is 33.0 Å². The zero-order valence-corrected chi connectivity index (χ0v) is 14.3. The molecule has 5 nitrogen and oxygen atoms in total. The molecule has 0 atom stereocenters. The summed E-state index contributed by atoms with van der Waals surface area (Å²) in [5, 5.41) is 12.7. The summed E-state index contributed by atoms with van der Waals surface area (Å²) in [6.45, 7) is 8.39. The van der Waals surface area contributed by atoms with Crippen LogP contribution >= 0.6 is 0 Å². The van der Waals surface area contributed by atoms with Crippen LogP contribution in [-0.4, -0.2) is 36.1 Å². The molecule has 0 amide bonds. The molecule has 0 bridgehead atoms. The fraction of sp³-hybridized carbons (Fsp3) is 0.500. The molecular formula is C16H24LiNO4. The molecule has 1 N–H and O–H groups in total. The second kappa shape index (κ2) is 12.3. The second-order valence-corrected chi connectivity index (χ2v) is 5.06. The number of carbonyl (C=O) groups is 2. The minimum atomic E-state index is -1.12. The number of ether oxygens (including phenoxy) is 1. The molecule has 0 radical (unpaired) electrons. The first-order valence-electron chi connectivity index (χ1n) is 6.85. The number of rotatable bonds is 6. The summed E-state index contributed by atoms with van der Waals surface area (Å²) in [6.07, 6.45) is -0.480. The maximum Gasteiger partial charge on any atom is 1.00 e. The van der Waals surface area contributed by atoms with Gasteiger partial charge in [0, 0.05) is 5.56 Å². The molecule has 0 heterocycles. The van der Waals surface area contributed by atoms with Crippen molar-refractivity contribution in [2.45, 2.75) is 46.2 Å². The van der Waals surface area contributed by atoms with Crippen molar-refractivity contribution in [2.24, 2.45) is 0 Å². The van der Waals surface area contributed by atoms with Crippen LogP contribution in [0.3, 0.4) is 0 Å². The van der Waals surface area contributed by atoms with Crippen molar-refractivity contribution in [3.8, 4) is 5.75 Å². The van der Waals surface area contributed by atoms with Crippen molar-refractivity contribution in [3.63, 3.8) is 0 Å². The molecule has 0 saturated carbocycles. The molecule has 0 aliphatic rings. The van der Waals surface area contributed by atoms with Crippen molar-refractivity contribution >= 4 is 11.8 Å². The Morgan fingerprint density at radius 3 is 1.82 bits per heavy atom. The Kier molecular flexibility index (Phi) is 12.8. The minimum absolute atomic E-state index is 0. The molecule has 0 aromatic heterocycles. The third kappa shape index (κ3) is 11.4. The minimum Gasteiger partial charge on any atom is -0.658 e. The van der Waals surface area contributed by atoms with E-state index in [9.17, 15) is 9.59 Å². The summed E-state index contributed by atoms with van der Waals surface area (Å²) in [6, 6.07) is 7.33. The molecule has 0 saturated heterocycles. The first kappa shape index (κ1) is 23.0. The third-order valence-electron chi connectivity index (χ3n) is 2.32. The van der Waals surface area contributed by atoms with Gasteiger partial charge in [-0.3, -0.25) is 9.59 Å². The predicted octanol–water partition coefficient (Wildman–Crippen LogP) is 0.534. The topological polar surface area (TPSA) is 77.7 Å². The van der Waals surface area contributed by atoms with E-state index in [4.69, 9.17) is 9.84 Å². The van der Waals surface area contributed by atoms with Crippen molar-refractivity contribution in [2.75, 3.05) is 7.11 Å². The molecule has 1 aromatic rings. The maximum atomic E-state index is 11.2. The number of ketones is 1. The van der Waals surface area contributed by atoms with Gasteiger partial charge in [-0.15, -0.1) is 12.1 Å². The Bertz CT molecular complexity index is 438. The molecule has 118 valence electrons. The number of aliphatic carboxylic acids is 1. The monoisotopic (exact) mass is 301 g/mol. The van der Waals surface area contributed by atoms with Crippen LogP contribution in [0, 0.1) is 0 Å². The van der Waals surface area contributed by atoms with Gasteiger partial charge in [0.25, 0.3) is 0 Å². The van der Waals surface area contributed by atoms with Gasteiger partial charge in [0.15, 0.2) is 5.78 Å². The van der Waals surface area contributed by atoms with Crippen LogP contribution in [0.15, 0.2) is 24.3 Å². The fourth-order valence-electron chi connectivity index (χ4n) is 1.61. The van der Waals surface area contributed by atoms with E-state index in [1.807, 2.05) is 0 Å². The number of benzene rings is 1. The molecule has 0 aliphatic heterocycles. The molecular weight excluding hydrogens is 277 g/mol. The number of hydrogen-bond donors (Lipinski definition) is 1. The van der Waals surface area contributed by atoms with E-state index in [1.54, 1.807) is 24.3 Å². The standard InChI is InChI=1S/C10H10O4.C6H14N.Li/c1-14-8-4-2-7(3-5-8)9(11)6-10(12)13;1-5(2)7-6(3)4;/h2-5H,6H2,1H3,(H,12,13);5-6H,1-4H3;/q;-1;+1. The number of hydrogen-bond acceptors (Lipinski definition) is 3. The summed E-state index contributed by atoms with van der Waals surface area (Å²) in [7, 11) is 1.52. The molecule has 6 heteroatoms. The van der Waals surface area contributed by atoms with Gasteiger partial charge in [0.05, 0.1) is 7.11 Å². The van der Waals surface area contributed by atoms with Gasteiger partial charge >= 0.3 is 24.8 Å². The number of carbonyl (C=O) groups excluding carboxylic acids is 1. The zero-order valence-electron chi connectivity index (χ0n) is 14.3. The first-order chi connectivity index (χ1) is 9.76. The van der Waals surface area contributed by atoms with E-state index in [1.165, 1.54) is 7.11 Å². The molecule has 22 heavy (non-hydrogen) atoms. The third-order valence-corrected chi connectivity index (χ3v) is 2.32. The van der Waals surface area contributed by atoms with Crippen molar-refractivity contribution in [3.05, 3.63) is 35.1 Å². The molecule has 0 aliphatic carbocycles. The Labute approximate surface area is 144 Å². The van der Waals surface area contributed by atoms with E-state index in [-0.39, 0.29) is 18.9 Å². The second-order valence-electron chi connectivity index (χ2n) is 5.06. The van der Waals surface area contributed by atoms with E-state index < -0.39 is 18.2 Å². The van der Waals surface area contributed by atoms with Crippen LogP contribution in [0.2, 0.25) is 0 Å². The van der Waals surface area contributed by atoms with Crippen molar-refractivity contribution < 1.29 is 38.3 Å². The van der Waals surface area contributed by atoms with Crippen LogP contribution in [-0.2, 0) is 4.79 Å². The van der Waals surface area contributed by atoms with E-state index >= 15 is 0 Å². The van der Waals surface area contributed by atoms with Crippen LogP contribution in [0.1, 0.15) is 44.5 Å². The maximum absolute atomic E-state index is 11.2. The van der Waals surface area contributed by atoms with Gasteiger partial charge in [-0.2, -0.15) is 0 Å². The van der Waals surface area contributed by atoms with Crippen molar-refractivity contribution in [1.82, 2.24) is 0 Å². The zero-order chi connectivity index (χ0) is 16.4. The number of carboxylic acids is 1. The Balaban J connectivity index is 0. The SMILES string of the molecule is CC(C)[N-]C(C)C.COc1ccc(C(=O)CC(=O)O)cc1.[Li+]. The molecule has 0 unspecified atom stereocenters. The summed E-state index contributed by atoms with van der Waals surface area (Å²) in [5.41, 5.74) is 0.383. The quantitative estimate of drug-likeness (QED) is 0.472. The Morgan fingerprint density at radius 2 is 1.55 bits per heavy atom. The van der Waals surface area contributed by atoms with Crippen LogP contribution < -0.4 is 23.6 Å². The van der Waals surface area contributed by atoms with Crippen molar-refractivity contribution in [1.29, 1.82) is 0 Å². The molecule has 0 fully saturated rings. The fourth-order valence-corrected chi connectivity index (χ4v) is 1.61. The molecule has 1 aromatic carbocycles. The van der Waals surface area contributed by atoms with Gasteiger partial charge in [-0.1, -0.05) is 27.7 Å². The van der Waals surface area contributed by atoms with Crippen LogP contribution in [0.25, 0.3) is 5.32 Å². The number of carboxylic acid groups (broad SMARTS) is 1.